The molecule has 7 heteroatoms. The third-order valence-corrected chi connectivity index (χ3v) is 4.30. The zero-order valence-electron chi connectivity index (χ0n) is 14.0. The lowest BCUT2D eigenvalue weighted by Gasteiger charge is -2.20. The van der Waals surface area contributed by atoms with E-state index in [2.05, 4.69) is 0 Å². The van der Waals surface area contributed by atoms with E-state index in [0.29, 0.717) is 0 Å². The van der Waals surface area contributed by atoms with E-state index in [4.69, 9.17) is 0 Å². The molecule has 2 heterocycles. The minimum absolute atomic E-state index is 0.0840. The maximum absolute atomic E-state index is 12.3. The van der Waals surface area contributed by atoms with Gasteiger partial charge in [0.25, 0.3) is 11.8 Å². The number of nitrogens with zero attached hydrogens (tertiary/aromatic N) is 2. The van der Waals surface area contributed by atoms with Crippen molar-refractivity contribution in [2.24, 2.45) is 5.92 Å². The largest absolute Gasteiger partial charge is 0.295 e. The van der Waals surface area contributed by atoms with E-state index in [1.54, 1.807) is 6.92 Å². The van der Waals surface area contributed by atoms with Crippen molar-refractivity contribution in [3.63, 3.8) is 0 Å². The van der Waals surface area contributed by atoms with Crippen molar-refractivity contribution in [2.75, 3.05) is 9.80 Å². The van der Waals surface area contributed by atoms with Crippen molar-refractivity contribution >= 4 is 40.8 Å². The van der Waals surface area contributed by atoms with E-state index < -0.39 is 17.7 Å². The number of anilines is 2. The van der Waals surface area contributed by atoms with Crippen LogP contribution in [0.25, 0.3) is 0 Å². The Morgan fingerprint density at radius 3 is 2.08 bits per heavy atom. The number of amides is 4. The van der Waals surface area contributed by atoms with Gasteiger partial charge in [0.05, 0.1) is 11.4 Å². The summed E-state index contributed by atoms with van der Waals surface area (Å²) in [4.78, 5) is 62.5. The van der Waals surface area contributed by atoms with Gasteiger partial charge in [-0.2, -0.15) is 0 Å². The first kappa shape index (κ1) is 16.8. The summed E-state index contributed by atoms with van der Waals surface area (Å²) in [5.74, 6) is -2.52. The number of benzene rings is 1. The lowest BCUT2D eigenvalue weighted by molar-refractivity contribution is -0.122. The van der Waals surface area contributed by atoms with Gasteiger partial charge in [0.2, 0.25) is 11.8 Å². The molecule has 1 saturated heterocycles. The van der Waals surface area contributed by atoms with Crippen LogP contribution in [0, 0.1) is 5.92 Å². The Bertz CT molecular complexity index is 863. The molecule has 128 valence electrons. The van der Waals surface area contributed by atoms with Crippen LogP contribution in [0.5, 0.6) is 0 Å². The minimum atomic E-state index is -0.526. The van der Waals surface area contributed by atoms with Crippen molar-refractivity contribution in [1.29, 1.82) is 0 Å². The van der Waals surface area contributed by atoms with Gasteiger partial charge in [0, 0.05) is 29.6 Å². The molecule has 0 bridgehead atoms. The zero-order valence-corrected chi connectivity index (χ0v) is 14.0. The predicted octanol–water partition coefficient (Wildman–Crippen LogP) is 1.61. The molecule has 7 nitrogen and oxygen atoms in total. The van der Waals surface area contributed by atoms with Crippen molar-refractivity contribution in [3.8, 4) is 0 Å². The van der Waals surface area contributed by atoms with E-state index in [9.17, 15) is 24.0 Å². The molecule has 4 amide bonds. The van der Waals surface area contributed by atoms with Gasteiger partial charge in [-0.1, -0.05) is 6.92 Å². The maximum Gasteiger partial charge on any atom is 0.261 e. The van der Waals surface area contributed by atoms with Crippen LogP contribution in [0.4, 0.5) is 11.4 Å². The number of hydrogen-bond donors (Lipinski definition) is 0. The van der Waals surface area contributed by atoms with Crippen molar-refractivity contribution in [1.82, 2.24) is 0 Å². The van der Waals surface area contributed by atoms with Crippen LogP contribution in [0.2, 0.25) is 0 Å². The molecule has 25 heavy (non-hydrogen) atoms. The van der Waals surface area contributed by atoms with Crippen LogP contribution < -0.4 is 9.80 Å². The van der Waals surface area contributed by atoms with Gasteiger partial charge in [-0.25, -0.2) is 4.90 Å². The summed E-state index contributed by atoms with van der Waals surface area (Å²) in [6.07, 6.45) is 1.29. The molecule has 0 radical (unpaired) electrons. The van der Waals surface area contributed by atoms with Crippen molar-refractivity contribution < 1.29 is 24.0 Å². The van der Waals surface area contributed by atoms with Crippen molar-refractivity contribution in [3.05, 3.63) is 35.4 Å². The van der Waals surface area contributed by atoms with Crippen LogP contribution in [0.1, 0.15) is 37.6 Å². The molecule has 1 aromatic carbocycles. The number of imide groups is 2. The number of carbonyl (C=O) groups is 5. The highest BCUT2D eigenvalue weighted by Gasteiger charge is 2.38. The third kappa shape index (κ3) is 2.67. The van der Waals surface area contributed by atoms with Crippen LogP contribution in [-0.4, -0.2) is 29.4 Å². The molecule has 1 aromatic rings. The van der Waals surface area contributed by atoms with Crippen LogP contribution >= 0.6 is 0 Å². The molecule has 1 atom stereocenters. The van der Waals surface area contributed by atoms with Gasteiger partial charge in [-0.15, -0.1) is 0 Å². The Morgan fingerprint density at radius 2 is 1.64 bits per heavy atom. The summed E-state index contributed by atoms with van der Waals surface area (Å²) in [6.45, 7) is 4.50. The van der Waals surface area contributed by atoms with Gasteiger partial charge < -0.3 is 0 Å². The van der Waals surface area contributed by atoms with Gasteiger partial charge in [-0.3, -0.25) is 28.9 Å². The molecular weight excluding hydrogens is 324 g/mol. The van der Waals surface area contributed by atoms with Gasteiger partial charge in [0.15, 0.2) is 5.78 Å². The van der Waals surface area contributed by atoms with Crippen LogP contribution in [-0.2, 0) is 19.2 Å². The molecule has 0 aliphatic carbocycles. The first-order valence-corrected chi connectivity index (χ1v) is 7.80. The maximum atomic E-state index is 12.3. The van der Waals surface area contributed by atoms with Gasteiger partial charge >= 0.3 is 0 Å². The number of Topliss-reactive ketones (excluding diaryl/α,β-unsaturated/α-hetero) is 1. The number of rotatable bonds is 3. The number of ketones is 1. The molecule has 3 rings (SSSR count). The SMILES string of the molecule is CC(=O)c1cc(N2C(=O)C=C(C)C2=O)cc(N2C(=O)CC(C)C2=O)c1. The van der Waals surface area contributed by atoms with E-state index in [0.717, 1.165) is 9.80 Å². The second-order valence-electron chi connectivity index (χ2n) is 6.27. The Hall–Kier alpha value is -3.09. The highest BCUT2D eigenvalue weighted by molar-refractivity contribution is 6.31. The summed E-state index contributed by atoms with van der Waals surface area (Å²) in [5.41, 5.74) is 0.831. The molecule has 0 N–H and O–H groups in total. The normalized spacial score (nSPS) is 20.6. The predicted molar refractivity (Wildman–Crippen MR) is 89.0 cm³/mol. The standard InChI is InChI=1S/C18H16N2O5/c1-9-4-15(22)19(17(9)24)13-6-12(11(3)21)7-14(8-13)20-16(23)5-10(2)18(20)25/h4,6-8,10H,5H2,1-3H3. The number of hydrogen-bond acceptors (Lipinski definition) is 5. The summed E-state index contributed by atoms with van der Waals surface area (Å²) in [7, 11) is 0. The second kappa shape index (κ2) is 5.77. The first-order chi connectivity index (χ1) is 11.7. The van der Waals surface area contributed by atoms with Crippen LogP contribution in [0.15, 0.2) is 29.8 Å². The lowest BCUT2D eigenvalue weighted by atomic mass is 10.1. The number of carbonyl (C=O) groups excluding carboxylic acids is 5. The van der Waals surface area contributed by atoms with Gasteiger partial charge in [-0.05, 0) is 32.0 Å². The molecule has 2 aliphatic rings. The molecule has 1 fully saturated rings. The average molecular weight is 340 g/mol. The lowest BCUT2D eigenvalue weighted by Crippen LogP contribution is -2.33. The average Bonchev–Trinajstić information content (AvgIpc) is 2.93. The molecule has 0 saturated carbocycles. The Morgan fingerprint density at radius 1 is 1.04 bits per heavy atom. The Kier molecular flexibility index (Phi) is 3.87. The van der Waals surface area contributed by atoms with E-state index in [1.807, 2.05) is 0 Å². The van der Waals surface area contributed by atoms with E-state index >= 15 is 0 Å². The Labute approximate surface area is 143 Å². The van der Waals surface area contributed by atoms with Crippen LogP contribution in [0.3, 0.4) is 0 Å². The molecule has 2 aliphatic heterocycles. The fourth-order valence-corrected chi connectivity index (χ4v) is 2.94. The summed E-state index contributed by atoms with van der Waals surface area (Å²) in [6, 6.07) is 4.23. The zero-order chi connectivity index (χ0) is 18.5. The molecular formula is C18H16N2O5. The van der Waals surface area contributed by atoms with Crippen molar-refractivity contribution in [2.45, 2.75) is 27.2 Å². The third-order valence-electron chi connectivity index (χ3n) is 4.30. The molecule has 0 aromatic heterocycles. The molecule has 0 spiro atoms. The van der Waals surface area contributed by atoms with E-state index in [-0.39, 0.29) is 46.5 Å². The fourth-order valence-electron chi connectivity index (χ4n) is 2.94. The topological polar surface area (TPSA) is 91.8 Å². The van der Waals surface area contributed by atoms with E-state index in [1.165, 1.54) is 38.1 Å². The first-order valence-electron chi connectivity index (χ1n) is 7.80. The highest BCUT2D eigenvalue weighted by atomic mass is 16.2. The minimum Gasteiger partial charge on any atom is -0.295 e. The molecule has 1 unspecified atom stereocenters. The monoisotopic (exact) mass is 340 g/mol. The fraction of sp³-hybridized carbons (Fsp3) is 0.278. The quantitative estimate of drug-likeness (QED) is 0.616. The highest BCUT2D eigenvalue weighted by Crippen LogP contribution is 2.32. The second-order valence-corrected chi connectivity index (χ2v) is 6.27. The summed E-state index contributed by atoms with van der Waals surface area (Å²) >= 11 is 0. The summed E-state index contributed by atoms with van der Waals surface area (Å²) < 4.78 is 0. The Balaban J connectivity index is 2.13. The van der Waals surface area contributed by atoms with Gasteiger partial charge in [0.1, 0.15) is 0 Å². The smallest absolute Gasteiger partial charge is 0.261 e. The summed E-state index contributed by atoms with van der Waals surface area (Å²) in [5, 5.41) is 0.